The molecule has 0 aliphatic rings. The van der Waals surface area contributed by atoms with Crippen LogP contribution in [0.4, 0.5) is 13.2 Å². The van der Waals surface area contributed by atoms with Crippen molar-refractivity contribution < 1.29 is 32.7 Å². The number of carbonyl (C=O) groups is 3. The first kappa shape index (κ1) is 25.6. The van der Waals surface area contributed by atoms with E-state index in [4.69, 9.17) is 0 Å². The topological polar surface area (TPSA) is 95.5 Å². The Morgan fingerprint density at radius 2 is 1.51 bits per heavy atom. The van der Waals surface area contributed by atoms with Crippen LogP contribution in [0.25, 0.3) is 11.1 Å². The van der Waals surface area contributed by atoms with Crippen LogP contribution in [0, 0.1) is 0 Å². The number of amides is 2. The number of hydrogen-bond acceptors (Lipinski definition) is 4. The Morgan fingerprint density at radius 1 is 0.857 bits per heavy atom. The van der Waals surface area contributed by atoms with Crippen LogP contribution in [0.1, 0.15) is 34.3 Å². The minimum Gasteiger partial charge on any atom is -0.480 e. The van der Waals surface area contributed by atoms with E-state index in [0.717, 1.165) is 23.3 Å². The number of alkyl halides is 3. The minimum absolute atomic E-state index is 0.130. The molecule has 0 unspecified atom stereocenters. The predicted octanol–water partition coefficient (Wildman–Crippen LogP) is 4.65. The van der Waals surface area contributed by atoms with Crippen LogP contribution in [0.2, 0.25) is 0 Å². The third-order valence-corrected chi connectivity index (χ3v) is 5.27. The summed E-state index contributed by atoms with van der Waals surface area (Å²) in [5.41, 5.74) is 1.58. The van der Waals surface area contributed by atoms with Crippen LogP contribution in [0.5, 0.6) is 0 Å². The van der Waals surface area contributed by atoms with Crippen molar-refractivity contribution in [1.29, 1.82) is 0 Å². The minimum atomic E-state index is -4.51. The number of aliphatic carboxylic acids is 1. The molecule has 3 rings (SSSR count). The molecule has 0 aliphatic heterocycles. The number of carboxylic acid groups (broad SMARTS) is 1. The van der Waals surface area contributed by atoms with Gasteiger partial charge in [0.1, 0.15) is 6.04 Å². The summed E-state index contributed by atoms with van der Waals surface area (Å²) < 4.78 is 38.5. The number of carbonyl (C=O) groups excluding carboxylic acids is 2. The van der Waals surface area contributed by atoms with Crippen molar-refractivity contribution in [2.75, 3.05) is 0 Å². The second-order valence-electron chi connectivity index (χ2n) is 7.83. The van der Waals surface area contributed by atoms with Crippen LogP contribution in [0.15, 0.2) is 78.9 Å². The van der Waals surface area contributed by atoms with Crippen molar-refractivity contribution in [3.63, 3.8) is 0 Å². The van der Waals surface area contributed by atoms with E-state index in [-0.39, 0.29) is 30.5 Å². The zero-order valence-electron chi connectivity index (χ0n) is 18.5. The molecular weight excluding hydrogens is 461 g/mol. The Labute approximate surface area is 199 Å². The monoisotopic (exact) mass is 484 g/mol. The van der Waals surface area contributed by atoms with Gasteiger partial charge in [0.25, 0.3) is 5.91 Å². The van der Waals surface area contributed by atoms with E-state index in [2.05, 4.69) is 10.6 Å². The second kappa shape index (κ2) is 11.4. The van der Waals surface area contributed by atoms with Crippen molar-refractivity contribution in [2.45, 2.75) is 31.6 Å². The highest BCUT2D eigenvalue weighted by Gasteiger charge is 2.30. The Balaban J connectivity index is 1.51. The summed E-state index contributed by atoms with van der Waals surface area (Å²) >= 11 is 0. The number of carboxylic acids is 1. The van der Waals surface area contributed by atoms with Crippen LogP contribution in [0.3, 0.4) is 0 Å². The number of imide groups is 1. The largest absolute Gasteiger partial charge is 0.480 e. The van der Waals surface area contributed by atoms with Crippen LogP contribution in [-0.2, 0) is 22.3 Å². The Bertz CT molecular complexity index is 1180. The third kappa shape index (κ3) is 7.51. The summed E-state index contributed by atoms with van der Waals surface area (Å²) in [6, 6.07) is 19.6. The molecule has 0 aromatic heterocycles. The van der Waals surface area contributed by atoms with Gasteiger partial charge in [0.05, 0.1) is 5.56 Å². The van der Waals surface area contributed by atoms with Crippen LogP contribution in [-0.4, -0.2) is 28.9 Å². The molecule has 3 aromatic rings. The summed E-state index contributed by atoms with van der Waals surface area (Å²) in [5.74, 6) is -2.53. The van der Waals surface area contributed by atoms with Gasteiger partial charge in [-0.25, -0.2) is 0 Å². The summed E-state index contributed by atoms with van der Waals surface area (Å²) in [4.78, 5) is 36.1. The molecule has 0 bridgehead atoms. The lowest BCUT2D eigenvalue weighted by molar-refractivity contribution is -0.140. The lowest BCUT2D eigenvalue weighted by atomic mass is 10.0. The molecule has 9 heteroatoms. The average molecular weight is 484 g/mol. The predicted molar refractivity (Wildman–Crippen MR) is 123 cm³/mol. The first-order chi connectivity index (χ1) is 16.6. The Morgan fingerprint density at radius 3 is 2.14 bits per heavy atom. The molecule has 182 valence electrons. The standard InChI is InChI=1S/C26H23F3N2O4/c27-26(28,29)21-8-4-5-17(15-21)16-30-22(25(34)35)13-14-23(32)31-24(33)20-11-9-19(10-12-20)18-6-2-1-3-7-18/h1-12,15,22,30H,13-14,16H2,(H,34,35)(H,31,32,33)/t22-/m0/s1. The zero-order chi connectivity index (χ0) is 25.4. The maximum atomic E-state index is 12.8. The fraction of sp³-hybridized carbons (Fsp3) is 0.192. The molecule has 3 N–H and O–H groups in total. The third-order valence-electron chi connectivity index (χ3n) is 5.27. The van der Waals surface area contributed by atoms with Gasteiger partial charge in [-0.05, 0) is 41.3 Å². The summed E-state index contributed by atoms with van der Waals surface area (Å²) in [7, 11) is 0. The van der Waals surface area contributed by atoms with Gasteiger partial charge in [-0.1, -0.05) is 60.7 Å². The lowest BCUT2D eigenvalue weighted by Gasteiger charge is -2.15. The maximum Gasteiger partial charge on any atom is 0.416 e. The number of rotatable bonds is 9. The highest BCUT2D eigenvalue weighted by molar-refractivity contribution is 6.04. The van der Waals surface area contributed by atoms with Crippen LogP contribution < -0.4 is 10.6 Å². The van der Waals surface area contributed by atoms with Crippen molar-refractivity contribution in [3.05, 3.63) is 95.6 Å². The van der Waals surface area contributed by atoms with Crippen molar-refractivity contribution in [1.82, 2.24) is 10.6 Å². The van der Waals surface area contributed by atoms with Gasteiger partial charge < -0.3 is 10.4 Å². The highest BCUT2D eigenvalue weighted by atomic mass is 19.4. The van der Waals surface area contributed by atoms with Gasteiger partial charge in [0.2, 0.25) is 5.91 Å². The fourth-order valence-corrected chi connectivity index (χ4v) is 3.39. The average Bonchev–Trinajstić information content (AvgIpc) is 2.84. The molecule has 0 aliphatic carbocycles. The first-order valence-electron chi connectivity index (χ1n) is 10.8. The molecule has 0 radical (unpaired) electrons. The zero-order valence-corrected chi connectivity index (χ0v) is 18.5. The molecule has 35 heavy (non-hydrogen) atoms. The molecule has 0 spiro atoms. The maximum absolute atomic E-state index is 12.8. The van der Waals surface area contributed by atoms with E-state index in [0.29, 0.717) is 0 Å². The Hall–Kier alpha value is -3.98. The van der Waals surface area contributed by atoms with Gasteiger partial charge in [-0.2, -0.15) is 13.2 Å². The van der Waals surface area contributed by atoms with Crippen molar-refractivity contribution in [3.8, 4) is 11.1 Å². The molecular formula is C26H23F3N2O4. The summed E-state index contributed by atoms with van der Waals surface area (Å²) in [6.07, 6.45) is -4.92. The Kier molecular flexibility index (Phi) is 8.38. The second-order valence-corrected chi connectivity index (χ2v) is 7.83. The molecule has 1 atom stereocenters. The SMILES string of the molecule is O=C(CC[C@H](NCc1cccc(C(F)(F)F)c1)C(=O)O)NC(=O)c1ccc(-c2ccccc2)cc1. The van der Waals surface area contributed by atoms with E-state index < -0.39 is 35.6 Å². The molecule has 3 aromatic carbocycles. The van der Waals surface area contributed by atoms with Gasteiger partial charge in [-0.15, -0.1) is 0 Å². The van der Waals surface area contributed by atoms with Gasteiger partial charge in [0, 0.05) is 18.5 Å². The van der Waals surface area contributed by atoms with E-state index in [1.54, 1.807) is 24.3 Å². The molecule has 0 heterocycles. The molecule has 0 fully saturated rings. The van der Waals surface area contributed by atoms with Crippen molar-refractivity contribution in [2.24, 2.45) is 0 Å². The number of nitrogens with one attached hydrogen (secondary N) is 2. The summed E-state index contributed by atoms with van der Waals surface area (Å²) in [5, 5.41) is 14.3. The molecule has 6 nitrogen and oxygen atoms in total. The quantitative estimate of drug-likeness (QED) is 0.411. The van der Waals surface area contributed by atoms with E-state index in [1.807, 2.05) is 30.3 Å². The van der Waals surface area contributed by atoms with Gasteiger partial charge in [-0.3, -0.25) is 19.7 Å². The normalized spacial score (nSPS) is 12.1. The van der Waals surface area contributed by atoms with Gasteiger partial charge >= 0.3 is 12.1 Å². The summed E-state index contributed by atoms with van der Waals surface area (Å²) in [6.45, 7) is -0.130. The molecule has 0 saturated heterocycles. The number of benzene rings is 3. The highest BCUT2D eigenvalue weighted by Crippen LogP contribution is 2.29. The lowest BCUT2D eigenvalue weighted by Crippen LogP contribution is -2.38. The molecule has 2 amide bonds. The van der Waals surface area contributed by atoms with Crippen LogP contribution >= 0.6 is 0 Å². The smallest absolute Gasteiger partial charge is 0.416 e. The fourth-order valence-electron chi connectivity index (χ4n) is 3.39. The number of hydrogen-bond donors (Lipinski definition) is 3. The number of halogens is 3. The molecule has 0 saturated carbocycles. The van der Waals surface area contributed by atoms with E-state index in [1.165, 1.54) is 12.1 Å². The van der Waals surface area contributed by atoms with E-state index in [9.17, 15) is 32.7 Å². The van der Waals surface area contributed by atoms with Crippen molar-refractivity contribution >= 4 is 17.8 Å². The van der Waals surface area contributed by atoms with E-state index >= 15 is 0 Å². The van der Waals surface area contributed by atoms with Gasteiger partial charge in [0.15, 0.2) is 0 Å². The first-order valence-corrected chi connectivity index (χ1v) is 10.8.